The van der Waals surface area contributed by atoms with Gasteiger partial charge in [0.25, 0.3) is 0 Å². The molecule has 18 nitrogen and oxygen atoms in total. The number of rotatable bonds is 2. The van der Waals surface area contributed by atoms with E-state index in [0.29, 0.717) is 114 Å². The molecule has 10 heterocycles. The van der Waals surface area contributed by atoms with E-state index in [1.807, 2.05) is 182 Å². The van der Waals surface area contributed by atoms with Crippen molar-refractivity contribution in [3.63, 3.8) is 0 Å². The van der Waals surface area contributed by atoms with Gasteiger partial charge in [-0.25, -0.2) is 59.8 Å². The van der Waals surface area contributed by atoms with Gasteiger partial charge in [-0.05, 0) is 12.1 Å². The van der Waals surface area contributed by atoms with Crippen LogP contribution in [-0.2, 0) is 0 Å². The summed E-state index contributed by atoms with van der Waals surface area (Å²) in [5, 5.41) is 16.6. The summed E-state index contributed by atoms with van der Waals surface area (Å²) < 4.78 is 0. The Kier molecular flexibility index (Phi) is 9.03. The summed E-state index contributed by atoms with van der Waals surface area (Å²) in [6.45, 7) is 0. The molecular formula is C64H34N18. The predicted octanol–water partition coefficient (Wildman–Crippen LogP) is 14.5. The Labute approximate surface area is 460 Å². The van der Waals surface area contributed by atoms with Crippen LogP contribution < -0.4 is 0 Å². The number of H-pyrrole nitrogens is 4. The summed E-state index contributed by atoms with van der Waals surface area (Å²) in [6, 6.07) is 59.6. The fourth-order valence-electron chi connectivity index (χ4n) is 11.6. The second-order valence-electron chi connectivity index (χ2n) is 20.1. The highest BCUT2D eigenvalue weighted by Gasteiger charge is 2.25. The molecule has 4 N–H and O–H groups in total. The average Bonchev–Trinajstić information content (AvgIpc) is 4.56. The fourth-order valence-corrected chi connectivity index (χ4v) is 11.6. The van der Waals surface area contributed by atoms with Gasteiger partial charge in [0.1, 0.15) is 45.2 Å². The van der Waals surface area contributed by atoms with Crippen LogP contribution in [0.4, 0.5) is 11.4 Å². The third-order valence-electron chi connectivity index (χ3n) is 15.4. The maximum absolute atomic E-state index is 5.31. The van der Waals surface area contributed by atoms with E-state index < -0.39 is 0 Å². The van der Waals surface area contributed by atoms with E-state index in [9.17, 15) is 0 Å². The first-order valence-corrected chi connectivity index (χ1v) is 26.5. The average molecular weight is 1060 g/mol. The maximum Gasteiger partial charge on any atom is 0.164 e. The first kappa shape index (κ1) is 44.1. The van der Waals surface area contributed by atoms with E-state index in [-0.39, 0.29) is 0 Å². The van der Waals surface area contributed by atoms with Crippen molar-refractivity contribution in [2.75, 3.05) is 0 Å². The Morgan fingerprint density at radius 2 is 0.402 bits per heavy atom. The van der Waals surface area contributed by atoms with Crippen molar-refractivity contribution in [1.29, 1.82) is 0 Å². The molecule has 4 aliphatic heterocycles. The van der Waals surface area contributed by atoms with Crippen molar-refractivity contribution < 1.29 is 0 Å². The minimum Gasteiger partial charge on any atom is -0.324 e. The molecule has 0 radical (unpaired) electrons. The Balaban J connectivity index is 0.893. The lowest BCUT2D eigenvalue weighted by molar-refractivity contribution is 1.19. The van der Waals surface area contributed by atoms with Crippen LogP contribution in [0.1, 0.15) is 0 Å². The first-order valence-electron chi connectivity index (χ1n) is 26.5. The minimum absolute atomic E-state index is 0.465. The van der Waals surface area contributed by atoms with Crippen LogP contribution in [0.2, 0.25) is 0 Å². The molecule has 82 heavy (non-hydrogen) atoms. The highest BCUT2D eigenvalue weighted by Crippen LogP contribution is 2.42. The summed E-state index contributed by atoms with van der Waals surface area (Å²) in [6.07, 6.45) is 0. The standard InChI is InChI=1S/C64H34N18/c1-3-17-33-31(15-1)49-65-51(33)69-55-39-23-9-11-25-41(39)59(73-55)77-63-47-43(61(79-63)75-57-37-21-7-5-19-35(37)53(67-49)71-57)27-13-29-45(47)81-82-46-30-14-28-44-48(46)64-78-60-42-26-12-10-24-40(42)56(74-60)70-52-34-18-4-2-16-32(34)50(66-52)68-54-36-20-6-8-22-38(36)58(72-54)76-62(44)80-64/h1-30H,(H2,65,67,69,71,73,75,77,79)(H2,66,68,70,72,74,76,78,80). The highest BCUT2D eigenvalue weighted by atomic mass is 15.1. The quantitative estimate of drug-likeness (QED) is 0.118. The normalized spacial score (nSPS) is 12.3. The Hall–Kier alpha value is -11.9. The summed E-state index contributed by atoms with van der Waals surface area (Å²) in [5.41, 5.74) is 12.2. The van der Waals surface area contributed by atoms with Gasteiger partial charge >= 0.3 is 0 Å². The smallest absolute Gasteiger partial charge is 0.164 e. The first-order chi connectivity index (χ1) is 40.6. The molecule has 6 aromatic heterocycles. The number of benzene rings is 8. The number of nitrogens with one attached hydrogen (secondary N) is 4. The second kappa shape index (κ2) is 16.8. The lowest BCUT2D eigenvalue weighted by Gasteiger charge is -2.00. The SMILES string of the molecule is c1ccc2c(c1)-c1nc-2nc2[nH]c(nc3nc(nc4[nH]c(n1)c1ccccc41)-c1ccccc1-3)c1c(N=Nc3cccc4c5nc6nc(nc7[nH]c(nc8nc(nc([nH]5)c34)-c3ccccc3-8)c3ccccc73)-c3ccccc3-6)cccc21. The van der Waals surface area contributed by atoms with Crippen molar-refractivity contribution >= 4 is 99.6 Å². The van der Waals surface area contributed by atoms with Crippen LogP contribution in [0, 0.1) is 0 Å². The molecule has 4 aliphatic rings. The van der Waals surface area contributed by atoms with Gasteiger partial charge in [0.05, 0.1) is 22.1 Å². The molecule has 14 aromatic rings. The molecule has 18 heteroatoms. The Morgan fingerprint density at radius 3 is 0.671 bits per heavy atom. The topological polar surface area (TPSA) is 243 Å². The second-order valence-corrected chi connectivity index (χ2v) is 20.1. The van der Waals surface area contributed by atoms with Crippen LogP contribution >= 0.6 is 0 Å². The fraction of sp³-hybridized carbons (Fsp3) is 0. The summed E-state index contributed by atoms with van der Waals surface area (Å²) in [5.74, 6) is 3.96. The van der Waals surface area contributed by atoms with Crippen LogP contribution in [0.3, 0.4) is 0 Å². The number of azo groups is 1. The zero-order chi connectivity index (χ0) is 53.6. The molecule has 0 amide bonds. The van der Waals surface area contributed by atoms with Gasteiger partial charge in [-0.3, -0.25) is 0 Å². The van der Waals surface area contributed by atoms with E-state index in [0.717, 1.165) is 76.8 Å². The molecule has 0 saturated heterocycles. The third-order valence-corrected chi connectivity index (χ3v) is 15.4. The van der Waals surface area contributed by atoms with Crippen LogP contribution in [0.5, 0.6) is 0 Å². The molecule has 0 aliphatic carbocycles. The van der Waals surface area contributed by atoms with Gasteiger partial charge in [-0.1, -0.05) is 170 Å². The molecule has 0 fully saturated rings. The van der Waals surface area contributed by atoms with Gasteiger partial charge in [-0.15, -0.1) is 10.2 Å². The van der Waals surface area contributed by atoms with Gasteiger partial charge in [-0.2, -0.15) is 0 Å². The molecule has 0 spiro atoms. The number of aromatic nitrogens is 16. The molecule has 0 atom stereocenters. The Bertz CT molecular complexity index is 5220. The van der Waals surface area contributed by atoms with Crippen molar-refractivity contribution in [3.05, 3.63) is 182 Å². The zero-order valence-electron chi connectivity index (χ0n) is 42.6. The lowest BCUT2D eigenvalue weighted by atomic mass is 10.1. The Morgan fingerprint density at radius 1 is 0.195 bits per heavy atom. The van der Waals surface area contributed by atoms with Crippen molar-refractivity contribution in [2.24, 2.45) is 10.2 Å². The van der Waals surface area contributed by atoms with Crippen LogP contribution in [0.25, 0.3) is 179 Å². The number of nitrogens with zero attached hydrogens (tertiary/aromatic N) is 14. The molecule has 380 valence electrons. The summed E-state index contributed by atoms with van der Waals surface area (Å²) in [4.78, 5) is 76.3. The summed E-state index contributed by atoms with van der Waals surface area (Å²) in [7, 11) is 0. The molecular weight excluding hydrogens is 1020 g/mol. The number of fused-ring (bicyclic) bond motifs is 40. The van der Waals surface area contributed by atoms with Crippen LogP contribution in [-0.4, -0.2) is 79.7 Å². The van der Waals surface area contributed by atoms with E-state index in [1.165, 1.54) is 0 Å². The molecule has 0 saturated carbocycles. The largest absolute Gasteiger partial charge is 0.324 e. The molecule has 18 rings (SSSR count). The predicted molar refractivity (Wildman–Crippen MR) is 316 cm³/mol. The van der Waals surface area contributed by atoms with Gasteiger partial charge in [0, 0.05) is 76.8 Å². The van der Waals surface area contributed by atoms with Crippen LogP contribution in [0.15, 0.2) is 192 Å². The summed E-state index contributed by atoms with van der Waals surface area (Å²) >= 11 is 0. The van der Waals surface area contributed by atoms with Gasteiger partial charge < -0.3 is 19.9 Å². The number of aromatic amines is 4. The van der Waals surface area contributed by atoms with Gasteiger partial charge in [0.2, 0.25) is 0 Å². The monoisotopic (exact) mass is 1050 g/mol. The van der Waals surface area contributed by atoms with Crippen molar-refractivity contribution in [1.82, 2.24) is 79.7 Å². The van der Waals surface area contributed by atoms with Crippen molar-refractivity contribution in [2.45, 2.75) is 0 Å². The third kappa shape index (κ3) is 6.62. The molecule has 0 unspecified atom stereocenters. The lowest BCUT2D eigenvalue weighted by Crippen LogP contribution is -1.83. The minimum atomic E-state index is 0.465. The van der Waals surface area contributed by atoms with E-state index in [2.05, 4.69) is 19.9 Å². The number of hydrogen-bond acceptors (Lipinski definition) is 14. The molecule has 16 bridgehead atoms. The van der Waals surface area contributed by atoms with E-state index in [4.69, 9.17) is 70.0 Å². The number of hydrogen-bond donors (Lipinski definition) is 4. The zero-order valence-corrected chi connectivity index (χ0v) is 42.6. The molecule has 8 aromatic carbocycles. The van der Waals surface area contributed by atoms with E-state index in [1.54, 1.807) is 0 Å². The van der Waals surface area contributed by atoms with Crippen molar-refractivity contribution in [3.8, 4) is 91.1 Å². The van der Waals surface area contributed by atoms with E-state index >= 15 is 0 Å². The van der Waals surface area contributed by atoms with Gasteiger partial charge in [0.15, 0.2) is 46.6 Å². The highest BCUT2D eigenvalue weighted by molar-refractivity contribution is 6.13. The maximum atomic E-state index is 5.31.